The largest absolute Gasteiger partial charge is 0.368 e. The van der Waals surface area contributed by atoms with Crippen LogP contribution in [-0.4, -0.2) is 36.5 Å². The zero-order valence-electron chi connectivity index (χ0n) is 14.1. The van der Waals surface area contributed by atoms with Crippen molar-refractivity contribution in [1.29, 1.82) is 0 Å². The molecule has 1 heterocycles. The Morgan fingerprint density at radius 1 is 1.28 bits per heavy atom. The van der Waals surface area contributed by atoms with Gasteiger partial charge < -0.3 is 16.0 Å². The first kappa shape index (κ1) is 22.7. The molecule has 8 heteroatoms. The molecule has 1 aromatic carbocycles. The van der Waals surface area contributed by atoms with Gasteiger partial charge in [-0.1, -0.05) is 18.0 Å². The van der Waals surface area contributed by atoms with Crippen molar-refractivity contribution in [2.45, 2.75) is 31.7 Å². The second-order valence-corrected chi connectivity index (χ2v) is 8.03. The Balaban J connectivity index is 0.00000156. The molecule has 0 radical (unpaired) electrons. The smallest absolute Gasteiger partial charge is 0.224 e. The summed E-state index contributed by atoms with van der Waals surface area (Å²) in [6.07, 6.45) is 3.72. The van der Waals surface area contributed by atoms with Crippen molar-refractivity contribution in [3.63, 3.8) is 0 Å². The average molecular weight is 427 g/mol. The van der Waals surface area contributed by atoms with Gasteiger partial charge in [-0.3, -0.25) is 4.79 Å². The third-order valence-electron chi connectivity index (χ3n) is 4.75. The fraction of sp³-hybridized carbons (Fsp3) is 0.588. The van der Waals surface area contributed by atoms with Crippen molar-refractivity contribution in [1.82, 2.24) is 0 Å². The Kier molecular flexibility index (Phi) is 9.75. The summed E-state index contributed by atoms with van der Waals surface area (Å²) >= 11 is 8.11. The SMILES string of the molecule is Cl.Cl.N[C@@H]1CCC[C@H]1CC(=O)Nc1cc(Cl)ccc1N1CCSCC1. The summed E-state index contributed by atoms with van der Waals surface area (Å²) in [5, 5.41) is 3.71. The van der Waals surface area contributed by atoms with Gasteiger partial charge in [0.15, 0.2) is 0 Å². The van der Waals surface area contributed by atoms with Crippen molar-refractivity contribution in [3.05, 3.63) is 23.2 Å². The van der Waals surface area contributed by atoms with Crippen LogP contribution >= 0.6 is 48.2 Å². The average Bonchev–Trinajstić information content (AvgIpc) is 2.93. The van der Waals surface area contributed by atoms with E-state index in [4.69, 9.17) is 17.3 Å². The van der Waals surface area contributed by atoms with Crippen molar-refractivity contribution in [2.24, 2.45) is 11.7 Å². The lowest BCUT2D eigenvalue weighted by atomic mass is 10.00. The van der Waals surface area contributed by atoms with E-state index in [1.54, 1.807) is 0 Å². The fourth-order valence-electron chi connectivity index (χ4n) is 3.45. The minimum atomic E-state index is 0. The molecular formula is C17H26Cl3N3OS. The van der Waals surface area contributed by atoms with Crippen LogP contribution in [0.5, 0.6) is 0 Å². The predicted molar refractivity (Wildman–Crippen MR) is 114 cm³/mol. The van der Waals surface area contributed by atoms with Gasteiger partial charge in [-0.05, 0) is 37.0 Å². The molecule has 4 nitrogen and oxygen atoms in total. The van der Waals surface area contributed by atoms with Crippen LogP contribution in [0.4, 0.5) is 11.4 Å². The summed E-state index contributed by atoms with van der Waals surface area (Å²) in [5.41, 5.74) is 7.97. The van der Waals surface area contributed by atoms with Gasteiger partial charge in [0.1, 0.15) is 0 Å². The third kappa shape index (κ3) is 6.10. The number of nitrogens with one attached hydrogen (secondary N) is 1. The molecule has 25 heavy (non-hydrogen) atoms. The van der Waals surface area contributed by atoms with Crippen LogP contribution in [0.1, 0.15) is 25.7 Å². The number of nitrogens with two attached hydrogens (primary N) is 1. The van der Waals surface area contributed by atoms with Crippen molar-refractivity contribution in [2.75, 3.05) is 34.8 Å². The Morgan fingerprint density at radius 3 is 2.64 bits per heavy atom. The van der Waals surface area contributed by atoms with E-state index in [9.17, 15) is 4.79 Å². The van der Waals surface area contributed by atoms with E-state index in [-0.39, 0.29) is 36.8 Å². The Bertz CT molecular complexity index is 570. The van der Waals surface area contributed by atoms with E-state index >= 15 is 0 Å². The number of halogens is 3. The number of amides is 1. The second-order valence-electron chi connectivity index (χ2n) is 6.37. The number of nitrogens with zero attached hydrogens (tertiary/aromatic N) is 1. The zero-order valence-corrected chi connectivity index (χ0v) is 17.3. The van der Waals surface area contributed by atoms with E-state index in [1.165, 1.54) is 0 Å². The maximum Gasteiger partial charge on any atom is 0.224 e. The molecule has 0 aromatic heterocycles. The lowest BCUT2D eigenvalue weighted by Crippen LogP contribution is -2.33. The van der Waals surface area contributed by atoms with Gasteiger partial charge in [-0.25, -0.2) is 0 Å². The number of rotatable bonds is 4. The van der Waals surface area contributed by atoms with Crippen molar-refractivity contribution in [3.8, 4) is 0 Å². The van der Waals surface area contributed by atoms with Crippen molar-refractivity contribution < 1.29 is 4.79 Å². The molecule has 1 amide bonds. The molecule has 1 aromatic rings. The minimum absolute atomic E-state index is 0. The van der Waals surface area contributed by atoms with Crippen LogP contribution in [0.2, 0.25) is 5.02 Å². The first-order valence-corrected chi connectivity index (χ1v) is 9.84. The highest BCUT2D eigenvalue weighted by molar-refractivity contribution is 7.99. The van der Waals surface area contributed by atoms with Gasteiger partial charge in [0.2, 0.25) is 5.91 Å². The van der Waals surface area contributed by atoms with Crippen LogP contribution < -0.4 is 16.0 Å². The molecule has 2 atom stereocenters. The summed E-state index contributed by atoms with van der Waals surface area (Å²) in [6.45, 7) is 2.01. The molecule has 0 spiro atoms. The monoisotopic (exact) mass is 425 g/mol. The number of hydrogen-bond donors (Lipinski definition) is 2. The van der Waals surface area contributed by atoms with Gasteiger partial charge in [-0.2, -0.15) is 11.8 Å². The minimum Gasteiger partial charge on any atom is -0.368 e. The Labute approximate surface area is 171 Å². The number of carbonyl (C=O) groups excluding carboxylic acids is 1. The van der Waals surface area contributed by atoms with Gasteiger partial charge in [0.05, 0.1) is 11.4 Å². The predicted octanol–water partition coefficient (Wildman–Crippen LogP) is 4.19. The summed E-state index contributed by atoms with van der Waals surface area (Å²) in [4.78, 5) is 14.8. The molecule has 142 valence electrons. The number of thioether (sulfide) groups is 1. The van der Waals surface area contributed by atoms with Crippen LogP contribution in [0.3, 0.4) is 0 Å². The van der Waals surface area contributed by atoms with E-state index < -0.39 is 0 Å². The highest BCUT2D eigenvalue weighted by Gasteiger charge is 2.26. The Morgan fingerprint density at radius 2 is 2.00 bits per heavy atom. The number of benzene rings is 1. The van der Waals surface area contributed by atoms with Gasteiger partial charge >= 0.3 is 0 Å². The van der Waals surface area contributed by atoms with Gasteiger partial charge in [0.25, 0.3) is 0 Å². The molecule has 3 N–H and O–H groups in total. The molecule has 2 fully saturated rings. The molecule has 0 bridgehead atoms. The number of anilines is 2. The van der Waals surface area contributed by atoms with Gasteiger partial charge in [0, 0.05) is 42.1 Å². The second kappa shape index (κ2) is 10.7. The third-order valence-corrected chi connectivity index (χ3v) is 5.93. The fourth-order valence-corrected chi connectivity index (χ4v) is 4.52. The highest BCUT2D eigenvalue weighted by atomic mass is 35.5. The molecular weight excluding hydrogens is 401 g/mol. The number of hydrogen-bond acceptors (Lipinski definition) is 4. The highest BCUT2D eigenvalue weighted by Crippen LogP contribution is 2.32. The van der Waals surface area contributed by atoms with E-state index in [2.05, 4.69) is 10.2 Å². The first-order chi connectivity index (χ1) is 11.1. The maximum atomic E-state index is 12.4. The maximum absolute atomic E-state index is 12.4. The van der Waals surface area contributed by atoms with Crippen LogP contribution in [0, 0.1) is 5.92 Å². The van der Waals surface area contributed by atoms with E-state index in [0.29, 0.717) is 17.4 Å². The van der Waals surface area contributed by atoms with E-state index in [1.807, 2.05) is 30.0 Å². The van der Waals surface area contributed by atoms with Crippen LogP contribution in [0.25, 0.3) is 0 Å². The quantitative estimate of drug-likeness (QED) is 0.758. The topological polar surface area (TPSA) is 58.4 Å². The van der Waals surface area contributed by atoms with Gasteiger partial charge in [-0.15, -0.1) is 24.8 Å². The van der Waals surface area contributed by atoms with Crippen LogP contribution in [-0.2, 0) is 4.79 Å². The summed E-state index contributed by atoms with van der Waals surface area (Å²) in [6, 6.07) is 5.92. The molecule has 0 unspecified atom stereocenters. The number of carbonyl (C=O) groups is 1. The Hall–Kier alpha value is -0.330. The molecule has 2 aliphatic rings. The van der Waals surface area contributed by atoms with E-state index in [0.717, 1.165) is 55.2 Å². The van der Waals surface area contributed by atoms with Crippen LogP contribution in [0.15, 0.2) is 18.2 Å². The van der Waals surface area contributed by atoms with Crippen molar-refractivity contribution >= 4 is 65.5 Å². The molecule has 3 rings (SSSR count). The standard InChI is InChI=1S/C17H24ClN3OS.2ClH/c18-13-4-5-16(21-6-8-23-9-7-21)15(11-13)20-17(22)10-12-2-1-3-14(12)19;;/h4-5,11-12,14H,1-3,6-10,19H2,(H,20,22);2*1H/t12-,14+;;/m0../s1. The summed E-state index contributed by atoms with van der Waals surface area (Å²) in [7, 11) is 0. The molecule has 1 aliphatic carbocycles. The zero-order chi connectivity index (χ0) is 16.2. The molecule has 1 aliphatic heterocycles. The first-order valence-electron chi connectivity index (χ1n) is 8.31. The lowest BCUT2D eigenvalue weighted by Gasteiger charge is -2.30. The molecule has 1 saturated carbocycles. The summed E-state index contributed by atoms with van der Waals surface area (Å²) in [5.74, 6) is 2.59. The molecule has 1 saturated heterocycles. The lowest BCUT2D eigenvalue weighted by molar-refractivity contribution is -0.117. The normalized spacial score (nSPS) is 22.7. The summed E-state index contributed by atoms with van der Waals surface area (Å²) < 4.78 is 0.